The molecule has 2 fully saturated rings. The van der Waals surface area contributed by atoms with Gasteiger partial charge in [0, 0.05) is 12.1 Å². The van der Waals surface area contributed by atoms with Crippen molar-refractivity contribution < 1.29 is 9.13 Å². The van der Waals surface area contributed by atoms with Gasteiger partial charge in [-0.3, -0.25) is 4.40 Å². The molecule has 2 saturated carbocycles. The van der Waals surface area contributed by atoms with E-state index in [1.165, 1.54) is 0 Å². The normalized spacial score (nSPS) is 31.9. The van der Waals surface area contributed by atoms with Crippen LogP contribution in [0.4, 0.5) is 4.39 Å². The van der Waals surface area contributed by atoms with Gasteiger partial charge in [-0.1, -0.05) is 13.3 Å². The number of rotatable bonds is 4. The molecular formula is C20H26FN5O. The van der Waals surface area contributed by atoms with Gasteiger partial charge in [-0.25, -0.2) is 9.37 Å². The summed E-state index contributed by atoms with van der Waals surface area (Å²) in [4.78, 5) is 7.58. The first kappa shape index (κ1) is 17.1. The molecule has 3 aromatic heterocycles. The van der Waals surface area contributed by atoms with Crippen LogP contribution in [0.1, 0.15) is 63.6 Å². The minimum absolute atomic E-state index is 0.217. The Kier molecular flexibility index (Phi) is 4.34. The Labute approximate surface area is 157 Å². The average molecular weight is 371 g/mol. The number of nitrogens with one attached hydrogen (secondary N) is 1. The third-order valence-electron chi connectivity index (χ3n) is 6.46. The molecule has 0 spiro atoms. The van der Waals surface area contributed by atoms with Gasteiger partial charge in [0.25, 0.3) is 0 Å². The first-order chi connectivity index (χ1) is 13.2. The van der Waals surface area contributed by atoms with E-state index >= 15 is 0 Å². The van der Waals surface area contributed by atoms with Gasteiger partial charge in [0.05, 0.1) is 23.9 Å². The molecule has 1 N–H and O–H groups in total. The molecule has 144 valence electrons. The molecular weight excluding hydrogens is 345 g/mol. The van der Waals surface area contributed by atoms with Gasteiger partial charge in [-0.2, -0.15) is 0 Å². The molecule has 2 aliphatic rings. The van der Waals surface area contributed by atoms with Crippen LogP contribution < -0.4 is 0 Å². The summed E-state index contributed by atoms with van der Waals surface area (Å²) >= 11 is 0. The number of halogens is 1. The molecule has 0 aliphatic heterocycles. The molecule has 27 heavy (non-hydrogen) atoms. The van der Waals surface area contributed by atoms with Crippen LogP contribution in [0.5, 0.6) is 0 Å². The summed E-state index contributed by atoms with van der Waals surface area (Å²) in [7, 11) is 0. The van der Waals surface area contributed by atoms with Crippen molar-refractivity contribution in [3.05, 3.63) is 24.3 Å². The van der Waals surface area contributed by atoms with Crippen molar-refractivity contribution in [2.75, 3.05) is 0 Å². The molecule has 5 rings (SSSR count). The van der Waals surface area contributed by atoms with Crippen LogP contribution >= 0.6 is 0 Å². The van der Waals surface area contributed by atoms with Crippen molar-refractivity contribution >= 4 is 16.8 Å². The molecule has 0 saturated heterocycles. The summed E-state index contributed by atoms with van der Waals surface area (Å²) in [6.07, 6.45) is 9.58. The molecule has 0 radical (unpaired) electrons. The Hall–Kier alpha value is -2.02. The zero-order valence-electron chi connectivity index (χ0n) is 15.6. The summed E-state index contributed by atoms with van der Waals surface area (Å²) < 4.78 is 21.9. The zero-order valence-corrected chi connectivity index (χ0v) is 15.6. The van der Waals surface area contributed by atoms with Crippen LogP contribution in [-0.4, -0.2) is 42.9 Å². The fraction of sp³-hybridized carbons (Fsp3) is 0.650. The highest BCUT2D eigenvalue weighted by Gasteiger charge is 2.39. The fourth-order valence-electron chi connectivity index (χ4n) is 5.02. The minimum Gasteiger partial charge on any atom is -0.375 e. The van der Waals surface area contributed by atoms with Gasteiger partial charge in [0.15, 0.2) is 11.3 Å². The van der Waals surface area contributed by atoms with Gasteiger partial charge < -0.3 is 9.72 Å². The molecule has 0 aromatic carbocycles. The fourth-order valence-corrected chi connectivity index (χ4v) is 5.02. The number of ether oxygens (including phenoxy) is 1. The van der Waals surface area contributed by atoms with E-state index in [1.54, 1.807) is 6.20 Å². The predicted molar refractivity (Wildman–Crippen MR) is 100 cm³/mol. The molecule has 3 atom stereocenters. The molecule has 2 aliphatic carbocycles. The zero-order chi connectivity index (χ0) is 18.4. The maximum absolute atomic E-state index is 13.4. The van der Waals surface area contributed by atoms with Crippen LogP contribution in [0.2, 0.25) is 0 Å². The highest BCUT2D eigenvalue weighted by molar-refractivity contribution is 5.74. The first-order valence-corrected chi connectivity index (χ1v) is 10.2. The lowest BCUT2D eigenvalue weighted by atomic mass is 9.93. The molecule has 0 unspecified atom stereocenters. The van der Waals surface area contributed by atoms with Crippen molar-refractivity contribution in [1.29, 1.82) is 0 Å². The molecule has 7 heteroatoms. The summed E-state index contributed by atoms with van der Waals surface area (Å²) in [5, 5.41) is 8.92. The van der Waals surface area contributed by atoms with Crippen LogP contribution in [0.15, 0.2) is 18.5 Å². The smallest absolute Gasteiger partial charge is 0.179 e. The largest absolute Gasteiger partial charge is 0.375 e. The van der Waals surface area contributed by atoms with E-state index < -0.39 is 6.17 Å². The maximum Gasteiger partial charge on any atom is 0.179 e. The number of fused-ring (bicyclic) bond motifs is 3. The summed E-state index contributed by atoms with van der Waals surface area (Å²) in [6, 6.07) is 2.03. The number of aromatic nitrogens is 5. The van der Waals surface area contributed by atoms with Crippen LogP contribution in [0.25, 0.3) is 16.8 Å². The van der Waals surface area contributed by atoms with Crippen molar-refractivity contribution in [2.24, 2.45) is 5.92 Å². The second-order valence-electron chi connectivity index (χ2n) is 8.10. The van der Waals surface area contributed by atoms with Crippen molar-refractivity contribution in [3.63, 3.8) is 0 Å². The number of hydrogen-bond acceptors (Lipinski definition) is 4. The summed E-state index contributed by atoms with van der Waals surface area (Å²) in [5.41, 5.74) is 2.66. The second-order valence-corrected chi connectivity index (χ2v) is 8.10. The van der Waals surface area contributed by atoms with E-state index in [0.717, 1.165) is 54.7 Å². The topological polar surface area (TPSA) is 68.1 Å². The number of hydrogen-bond donors (Lipinski definition) is 1. The first-order valence-electron chi connectivity index (χ1n) is 10.2. The summed E-state index contributed by atoms with van der Waals surface area (Å²) in [6.45, 7) is 2.24. The van der Waals surface area contributed by atoms with Gasteiger partial charge in [0.2, 0.25) is 0 Å². The quantitative estimate of drug-likeness (QED) is 0.747. The second kappa shape index (κ2) is 6.86. The lowest BCUT2D eigenvalue weighted by Gasteiger charge is -2.27. The van der Waals surface area contributed by atoms with E-state index in [9.17, 15) is 4.39 Å². The lowest BCUT2D eigenvalue weighted by Crippen LogP contribution is -2.26. The van der Waals surface area contributed by atoms with Crippen molar-refractivity contribution in [2.45, 2.75) is 76.2 Å². The number of H-pyrrole nitrogens is 1. The predicted octanol–water partition coefficient (Wildman–Crippen LogP) is 4.18. The number of nitrogens with zero attached hydrogens (tertiary/aromatic N) is 4. The van der Waals surface area contributed by atoms with Crippen LogP contribution in [-0.2, 0) is 4.74 Å². The van der Waals surface area contributed by atoms with Gasteiger partial charge >= 0.3 is 0 Å². The number of alkyl halides is 1. The van der Waals surface area contributed by atoms with E-state index in [2.05, 4.69) is 31.5 Å². The summed E-state index contributed by atoms with van der Waals surface area (Å²) in [5.74, 6) is 1.87. The average Bonchev–Trinajstić information content (AvgIpc) is 3.39. The third kappa shape index (κ3) is 3.02. The lowest BCUT2D eigenvalue weighted by molar-refractivity contribution is -0.0375. The Morgan fingerprint density at radius 2 is 2.04 bits per heavy atom. The molecule has 3 aromatic rings. The molecule has 0 bridgehead atoms. The van der Waals surface area contributed by atoms with Crippen molar-refractivity contribution in [1.82, 2.24) is 24.6 Å². The van der Waals surface area contributed by atoms with E-state index in [4.69, 9.17) is 4.74 Å². The van der Waals surface area contributed by atoms with E-state index in [-0.39, 0.29) is 12.2 Å². The Bertz CT molecular complexity index is 929. The van der Waals surface area contributed by atoms with Crippen LogP contribution in [0.3, 0.4) is 0 Å². The molecule has 6 nitrogen and oxygen atoms in total. The third-order valence-corrected chi connectivity index (χ3v) is 6.46. The van der Waals surface area contributed by atoms with E-state index in [0.29, 0.717) is 24.7 Å². The Morgan fingerprint density at radius 3 is 2.85 bits per heavy atom. The highest BCUT2D eigenvalue weighted by atomic mass is 19.1. The maximum atomic E-state index is 13.4. The Morgan fingerprint density at radius 1 is 1.19 bits per heavy atom. The van der Waals surface area contributed by atoms with Gasteiger partial charge in [-0.05, 0) is 50.5 Å². The monoisotopic (exact) mass is 371 g/mol. The van der Waals surface area contributed by atoms with Gasteiger partial charge in [0.1, 0.15) is 12.0 Å². The Balaban J connectivity index is 1.41. The number of aromatic amines is 1. The molecule has 3 heterocycles. The highest BCUT2D eigenvalue weighted by Crippen LogP contribution is 2.43. The van der Waals surface area contributed by atoms with E-state index in [1.807, 2.05) is 12.3 Å². The minimum atomic E-state index is -0.635. The SMILES string of the molecule is CC[C@@H]1C[C@@H](OC2CCC(F)CC2)C[C@H]1c1nnc2cnc3[nH]ccc3n12. The molecule has 0 amide bonds. The standard InChI is InChI=1S/C20H26FN5O/c1-2-12-9-15(27-14-5-3-13(21)4-6-14)10-16(12)20-25-24-18-11-23-19-17(26(18)20)7-8-22-19/h7-8,11-16,22H,2-6,9-10H2,1H3/t12-,13?,14?,15-,16-/m1/s1. The van der Waals surface area contributed by atoms with Gasteiger partial charge in [-0.15, -0.1) is 10.2 Å². The van der Waals surface area contributed by atoms with Crippen molar-refractivity contribution in [3.8, 4) is 0 Å². The van der Waals surface area contributed by atoms with Crippen LogP contribution in [0, 0.1) is 5.92 Å².